The molecule has 13 heavy (non-hydrogen) atoms. The lowest BCUT2D eigenvalue weighted by molar-refractivity contribution is 0.609. The Morgan fingerprint density at radius 1 is 1.38 bits per heavy atom. The number of benzene rings is 1. The van der Waals surface area contributed by atoms with Gasteiger partial charge in [0.15, 0.2) is 0 Å². The fourth-order valence-corrected chi connectivity index (χ4v) is 1.78. The molecule has 1 nitrogen and oxygen atoms in total. The van der Waals surface area contributed by atoms with E-state index in [1.54, 1.807) is 7.05 Å². The molecule has 0 heterocycles. The first-order chi connectivity index (χ1) is 6.07. The minimum absolute atomic E-state index is 0.0595. The van der Waals surface area contributed by atoms with Crippen LogP contribution in [-0.2, 0) is 0 Å². The molecular formula is C9H10Cl2FN. The van der Waals surface area contributed by atoms with Crippen molar-refractivity contribution in [1.29, 1.82) is 0 Å². The van der Waals surface area contributed by atoms with Gasteiger partial charge in [-0.15, -0.1) is 0 Å². The summed E-state index contributed by atoms with van der Waals surface area (Å²) in [6.07, 6.45) is 0. The second-order valence-electron chi connectivity index (χ2n) is 2.77. The maximum Gasteiger partial charge on any atom is 0.142 e. The zero-order valence-electron chi connectivity index (χ0n) is 7.37. The lowest BCUT2D eigenvalue weighted by Crippen LogP contribution is -2.13. The summed E-state index contributed by atoms with van der Waals surface area (Å²) in [5.41, 5.74) is 0.603. The molecular weight excluding hydrogens is 212 g/mol. The lowest BCUT2D eigenvalue weighted by atomic mass is 10.1. The first-order valence-electron chi connectivity index (χ1n) is 3.88. The van der Waals surface area contributed by atoms with Crippen LogP contribution in [-0.4, -0.2) is 7.05 Å². The Morgan fingerprint density at radius 3 is 2.54 bits per heavy atom. The molecule has 1 unspecified atom stereocenters. The minimum Gasteiger partial charge on any atom is -0.313 e. The first-order valence-corrected chi connectivity index (χ1v) is 4.64. The minimum atomic E-state index is -0.442. The Kier molecular flexibility index (Phi) is 3.54. The van der Waals surface area contributed by atoms with Crippen LogP contribution in [0.15, 0.2) is 12.1 Å². The SMILES string of the molecule is CNC(C)c1c(Cl)ccc(F)c1Cl. The van der Waals surface area contributed by atoms with E-state index < -0.39 is 5.82 Å². The zero-order chi connectivity index (χ0) is 10.0. The molecule has 72 valence electrons. The molecule has 1 N–H and O–H groups in total. The van der Waals surface area contributed by atoms with Crippen molar-refractivity contribution in [2.75, 3.05) is 7.05 Å². The molecule has 0 bridgehead atoms. The van der Waals surface area contributed by atoms with Gasteiger partial charge in [-0.25, -0.2) is 4.39 Å². The van der Waals surface area contributed by atoms with E-state index in [2.05, 4.69) is 5.32 Å². The molecule has 0 saturated heterocycles. The van der Waals surface area contributed by atoms with Crippen LogP contribution in [0, 0.1) is 5.82 Å². The van der Waals surface area contributed by atoms with Gasteiger partial charge in [0.25, 0.3) is 0 Å². The molecule has 1 rings (SSSR count). The van der Waals surface area contributed by atoms with Crippen molar-refractivity contribution in [3.63, 3.8) is 0 Å². The Hall–Kier alpha value is -0.310. The van der Waals surface area contributed by atoms with Gasteiger partial charge in [-0.3, -0.25) is 0 Å². The van der Waals surface area contributed by atoms with Crippen LogP contribution < -0.4 is 5.32 Å². The quantitative estimate of drug-likeness (QED) is 0.756. The highest BCUT2D eigenvalue weighted by molar-refractivity contribution is 6.36. The molecule has 1 aromatic carbocycles. The van der Waals surface area contributed by atoms with Gasteiger partial charge in [0, 0.05) is 16.6 Å². The summed E-state index contributed by atoms with van der Waals surface area (Å²) >= 11 is 11.7. The third kappa shape index (κ3) is 2.13. The summed E-state index contributed by atoms with van der Waals surface area (Å²) in [5, 5.41) is 3.53. The van der Waals surface area contributed by atoms with Crippen LogP contribution in [0.25, 0.3) is 0 Å². The average molecular weight is 222 g/mol. The summed E-state index contributed by atoms with van der Waals surface area (Å²) < 4.78 is 13.0. The van der Waals surface area contributed by atoms with Crippen molar-refractivity contribution in [2.45, 2.75) is 13.0 Å². The van der Waals surface area contributed by atoms with E-state index in [0.717, 1.165) is 0 Å². The molecule has 0 radical (unpaired) electrons. The maximum atomic E-state index is 13.0. The fraction of sp³-hybridized carbons (Fsp3) is 0.333. The number of nitrogens with one attached hydrogen (secondary N) is 1. The summed E-state index contributed by atoms with van der Waals surface area (Å²) in [7, 11) is 1.77. The van der Waals surface area contributed by atoms with E-state index >= 15 is 0 Å². The molecule has 0 aliphatic heterocycles. The van der Waals surface area contributed by atoms with Crippen molar-refractivity contribution in [3.05, 3.63) is 33.6 Å². The third-order valence-electron chi connectivity index (χ3n) is 1.95. The average Bonchev–Trinajstić information content (AvgIpc) is 2.12. The van der Waals surface area contributed by atoms with E-state index in [0.29, 0.717) is 10.6 Å². The van der Waals surface area contributed by atoms with Gasteiger partial charge < -0.3 is 5.32 Å². The number of hydrogen-bond donors (Lipinski definition) is 1. The van der Waals surface area contributed by atoms with Crippen LogP contribution in [0.1, 0.15) is 18.5 Å². The van der Waals surface area contributed by atoms with Gasteiger partial charge >= 0.3 is 0 Å². The summed E-state index contributed by atoms with van der Waals surface area (Å²) in [5.74, 6) is -0.442. The zero-order valence-corrected chi connectivity index (χ0v) is 8.88. The molecule has 1 aromatic rings. The molecule has 0 aliphatic rings. The van der Waals surface area contributed by atoms with Crippen LogP contribution in [0.3, 0.4) is 0 Å². The predicted molar refractivity (Wildman–Crippen MR) is 53.9 cm³/mol. The smallest absolute Gasteiger partial charge is 0.142 e. The summed E-state index contributed by atoms with van der Waals surface area (Å²) in [4.78, 5) is 0. The standard InChI is InChI=1S/C9H10Cl2FN/c1-5(13-2)8-6(10)3-4-7(12)9(8)11/h3-5,13H,1-2H3. The van der Waals surface area contributed by atoms with Gasteiger partial charge in [-0.05, 0) is 26.1 Å². The summed E-state index contributed by atoms with van der Waals surface area (Å²) in [6, 6.07) is 2.71. The van der Waals surface area contributed by atoms with Crippen molar-refractivity contribution < 1.29 is 4.39 Å². The molecule has 0 amide bonds. The molecule has 0 fully saturated rings. The maximum absolute atomic E-state index is 13.0. The van der Waals surface area contributed by atoms with E-state index in [4.69, 9.17) is 23.2 Å². The highest BCUT2D eigenvalue weighted by atomic mass is 35.5. The van der Waals surface area contributed by atoms with E-state index in [1.807, 2.05) is 6.92 Å². The van der Waals surface area contributed by atoms with Crippen molar-refractivity contribution >= 4 is 23.2 Å². The summed E-state index contributed by atoms with van der Waals surface area (Å²) in [6.45, 7) is 1.87. The van der Waals surface area contributed by atoms with Crippen LogP contribution in [0.5, 0.6) is 0 Å². The van der Waals surface area contributed by atoms with E-state index in [9.17, 15) is 4.39 Å². The monoisotopic (exact) mass is 221 g/mol. The normalized spacial score (nSPS) is 13.0. The second kappa shape index (κ2) is 4.27. The molecule has 0 spiro atoms. The van der Waals surface area contributed by atoms with Gasteiger partial charge in [-0.2, -0.15) is 0 Å². The molecule has 0 aromatic heterocycles. The van der Waals surface area contributed by atoms with Gasteiger partial charge in [0.1, 0.15) is 5.82 Å². The Bertz CT molecular complexity index is 315. The van der Waals surface area contributed by atoms with E-state index in [1.165, 1.54) is 12.1 Å². The fourth-order valence-electron chi connectivity index (χ4n) is 1.08. The Balaban J connectivity index is 3.25. The topological polar surface area (TPSA) is 12.0 Å². The van der Waals surface area contributed by atoms with Crippen LogP contribution in [0.4, 0.5) is 4.39 Å². The first kappa shape index (κ1) is 10.8. The van der Waals surface area contributed by atoms with Crippen molar-refractivity contribution in [2.24, 2.45) is 0 Å². The number of halogens is 3. The Labute approximate surface area is 86.8 Å². The number of hydrogen-bond acceptors (Lipinski definition) is 1. The molecule has 4 heteroatoms. The van der Waals surface area contributed by atoms with E-state index in [-0.39, 0.29) is 11.1 Å². The largest absolute Gasteiger partial charge is 0.313 e. The van der Waals surface area contributed by atoms with Crippen LogP contribution in [0.2, 0.25) is 10.0 Å². The predicted octanol–water partition coefficient (Wildman–Crippen LogP) is 3.41. The molecule has 1 atom stereocenters. The molecule has 0 aliphatic carbocycles. The van der Waals surface area contributed by atoms with Gasteiger partial charge in [-0.1, -0.05) is 23.2 Å². The van der Waals surface area contributed by atoms with Gasteiger partial charge in [0.05, 0.1) is 5.02 Å². The van der Waals surface area contributed by atoms with Crippen molar-refractivity contribution in [1.82, 2.24) is 5.32 Å². The molecule has 0 saturated carbocycles. The highest BCUT2D eigenvalue weighted by Crippen LogP contribution is 2.31. The number of rotatable bonds is 2. The lowest BCUT2D eigenvalue weighted by Gasteiger charge is -2.14. The van der Waals surface area contributed by atoms with Crippen LogP contribution >= 0.6 is 23.2 Å². The highest BCUT2D eigenvalue weighted by Gasteiger charge is 2.15. The van der Waals surface area contributed by atoms with Crippen molar-refractivity contribution in [3.8, 4) is 0 Å². The van der Waals surface area contributed by atoms with Gasteiger partial charge in [0.2, 0.25) is 0 Å². The Morgan fingerprint density at radius 2 is 2.00 bits per heavy atom. The third-order valence-corrected chi connectivity index (χ3v) is 2.66. The second-order valence-corrected chi connectivity index (χ2v) is 3.55.